The predicted octanol–water partition coefficient (Wildman–Crippen LogP) is 0.960. The molecule has 3 heterocycles. The van der Waals surface area contributed by atoms with Gasteiger partial charge in [0, 0.05) is 30.4 Å². The summed E-state index contributed by atoms with van der Waals surface area (Å²) < 4.78 is 17.5. The average Bonchev–Trinajstić information content (AvgIpc) is 2.64. The number of ether oxygens (including phenoxy) is 3. The van der Waals surface area contributed by atoms with Crippen molar-refractivity contribution in [3.8, 4) is 0 Å². The topological polar surface area (TPSA) is 105 Å². The number of esters is 1. The zero-order valence-electron chi connectivity index (χ0n) is 16.6. The zero-order valence-corrected chi connectivity index (χ0v) is 16.6. The second-order valence-corrected chi connectivity index (χ2v) is 10.2. The van der Waals surface area contributed by atoms with Gasteiger partial charge in [-0.1, -0.05) is 20.4 Å². The molecule has 3 aliphatic heterocycles. The number of fused-ring (bicyclic) bond motifs is 3. The molecule has 6 fully saturated rings. The van der Waals surface area contributed by atoms with E-state index in [1.54, 1.807) is 0 Å². The van der Waals surface area contributed by atoms with Gasteiger partial charge in [-0.2, -0.15) is 0 Å². The highest BCUT2D eigenvalue weighted by molar-refractivity contribution is 5.89. The number of rotatable bonds is 1. The van der Waals surface area contributed by atoms with Gasteiger partial charge in [0.15, 0.2) is 12.1 Å². The molecule has 28 heavy (non-hydrogen) atoms. The number of carbonyl (C=O) groups is 1. The van der Waals surface area contributed by atoms with Crippen molar-refractivity contribution in [3.05, 3.63) is 12.2 Å². The Hall–Kier alpha value is -0.990. The molecule has 3 aliphatic carbocycles. The molecule has 7 nitrogen and oxygen atoms in total. The first kappa shape index (κ1) is 19.0. The zero-order chi connectivity index (χ0) is 20.2. The minimum absolute atomic E-state index is 0.115. The monoisotopic (exact) mass is 394 g/mol. The summed E-state index contributed by atoms with van der Waals surface area (Å²) in [7, 11) is 1.50. The van der Waals surface area contributed by atoms with Crippen LogP contribution in [0.3, 0.4) is 0 Å². The molecular weight excluding hydrogens is 364 g/mol. The van der Waals surface area contributed by atoms with E-state index in [1.807, 2.05) is 0 Å². The molecule has 6 aliphatic rings. The molecule has 4 bridgehead atoms. The molecule has 0 unspecified atom stereocenters. The highest BCUT2D eigenvalue weighted by Crippen LogP contribution is 2.72. The van der Waals surface area contributed by atoms with E-state index >= 15 is 0 Å². The Morgan fingerprint density at radius 2 is 1.96 bits per heavy atom. The molecule has 3 N–H and O–H groups in total. The van der Waals surface area contributed by atoms with Gasteiger partial charge in [0.1, 0.15) is 12.2 Å². The van der Waals surface area contributed by atoms with E-state index in [4.69, 9.17) is 14.2 Å². The van der Waals surface area contributed by atoms with E-state index in [0.717, 1.165) is 0 Å². The van der Waals surface area contributed by atoms with Gasteiger partial charge >= 0.3 is 5.97 Å². The first-order valence-corrected chi connectivity index (χ1v) is 10.3. The maximum atomic E-state index is 12.4. The lowest BCUT2D eigenvalue weighted by atomic mass is 9.38. The fraction of sp³-hybridized carbons (Fsp3) is 0.857. The normalized spacial score (nSPS) is 56.6. The Labute approximate surface area is 164 Å². The van der Waals surface area contributed by atoms with Crippen LogP contribution in [0.15, 0.2) is 12.2 Å². The maximum absolute atomic E-state index is 12.4. The van der Waals surface area contributed by atoms with Crippen molar-refractivity contribution in [2.75, 3.05) is 7.11 Å². The van der Waals surface area contributed by atoms with Crippen molar-refractivity contribution in [1.82, 2.24) is 0 Å². The molecule has 156 valence electrons. The summed E-state index contributed by atoms with van der Waals surface area (Å²) in [5.74, 6) is -3.60. The molecule has 0 aromatic heterocycles. The molecule has 3 saturated carbocycles. The van der Waals surface area contributed by atoms with Crippen molar-refractivity contribution in [2.24, 2.45) is 34.5 Å². The van der Waals surface area contributed by atoms with Gasteiger partial charge in [0.05, 0.1) is 11.5 Å². The van der Waals surface area contributed by atoms with Crippen LogP contribution in [0.25, 0.3) is 0 Å². The minimum Gasteiger partial charge on any atom is -0.459 e. The molecule has 0 amide bonds. The highest BCUT2D eigenvalue weighted by atomic mass is 16.7. The summed E-state index contributed by atoms with van der Waals surface area (Å²) in [6, 6.07) is 0. The Morgan fingerprint density at radius 1 is 1.25 bits per heavy atom. The number of aliphatic hydroxyl groups is 3. The quantitative estimate of drug-likeness (QED) is 0.449. The van der Waals surface area contributed by atoms with Gasteiger partial charge in [-0.15, -0.1) is 0 Å². The molecule has 10 atom stereocenters. The van der Waals surface area contributed by atoms with Crippen molar-refractivity contribution >= 4 is 5.97 Å². The van der Waals surface area contributed by atoms with E-state index in [2.05, 4.69) is 20.4 Å². The average molecular weight is 394 g/mol. The fourth-order valence-electron chi connectivity index (χ4n) is 7.65. The largest absolute Gasteiger partial charge is 0.459 e. The number of hydrogen-bond donors (Lipinski definition) is 3. The summed E-state index contributed by atoms with van der Waals surface area (Å²) in [5.41, 5.74) is -0.896. The van der Waals surface area contributed by atoms with Crippen LogP contribution in [0.4, 0.5) is 0 Å². The molecule has 3 saturated heterocycles. The predicted molar refractivity (Wildman–Crippen MR) is 96.5 cm³/mol. The van der Waals surface area contributed by atoms with Gasteiger partial charge in [-0.05, 0) is 37.0 Å². The number of hydrogen-bond acceptors (Lipinski definition) is 7. The Bertz CT molecular complexity index is 734. The van der Waals surface area contributed by atoms with E-state index in [1.165, 1.54) is 7.11 Å². The number of aliphatic hydroxyl groups excluding tert-OH is 2. The summed E-state index contributed by atoms with van der Waals surface area (Å²) in [6.07, 6.45) is -0.953. The first-order chi connectivity index (χ1) is 13.1. The van der Waals surface area contributed by atoms with E-state index < -0.39 is 53.6 Å². The van der Waals surface area contributed by atoms with E-state index in [0.29, 0.717) is 31.3 Å². The second kappa shape index (κ2) is 5.58. The standard InChI is InChI=1S/C21H30O7/c1-9-10-7-11-14(12(8-10)27-17(9)24)20-13(22)5-6-19(2,3)15(20)16(23)21(11,25)28-18(20)26-4/h10-16,18,22-23,25H,1,5-8H2,2-4H3/t10-,11+,12-,13+,14+,15-,16+,18+,20-,21+/m1/s1. The number of methoxy groups -OCH3 is 1. The van der Waals surface area contributed by atoms with Crippen LogP contribution >= 0.6 is 0 Å². The summed E-state index contributed by atoms with van der Waals surface area (Å²) >= 11 is 0. The highest BCUT2D eigenvalue weighted by Gasteiger charge is 2.81. The fourth-order valence-corrected chi connectivity index (χ4v) is 7.65. The SMILES string of the molecule is C=C1C(=O)O[C@@H]2C[C@H]1C[C@H]1[C@@H]2[C@@]23[C@@H](OC)O[C@]1(O)[C@@H](O)[C@@H]2C(C)(C)CC[C@@H]3O. The van der Waals surface area contributed by atoms with Crippen LogP contribution in [0, 0.1) is 34.5 Å². The summed E-state index contributed by atoms with van der Waals surface area (Å²) in [5, 5.41) is 34.4. The van der Waals surface area contributed by atoms with Gasteiger partial charge in [0.25, 0.3) is 0 Å². The Balaban J connectivity index is 1.73. The first-order valence-electron chi connectivity index (χ1n) is 10.3. The van der Waals surface area contributed by atoms with E-state index in [-0.39, 0.29) is 17.3 Å². The summed E-state index contributed by atoms with van der Waals surface area (Å²) in [4.78, 5) is 12.4. The van der Waals surface area contributed by atoms with Gasteiger partial charge < -0.3 is 29.5 Å². The Kier molecular flexibility index (Phi) is 3.78. The third kappa shape index (κ3) is 1.95. The van der Waals surface area contributed by atoms with Crippen LogP contribution in [0.5, 0.6) is 0 Å². The van der Waals surface area contributed by atoms with E-state index in [9.17, 15) is 20.1 Å². The van der Waals surface area contributed by atoms with Crippen LogP contribution < -0.4 is 0 Å². The third-order valence-electron chi connectivity index (χ3n) is 8.69. The van der Waals surface area contributed by atoms with Crippen LogP contribution in [0.1, 0.15) is 39.5 Å². The van der Waals surface area contributed by atoms with Crippen LogP contribution in [0.2, 0.25) is 0 Å². The third-order valence-corrected chi connectivity index (χ3v) is 8.69. The van der Waals surface area contributed by atoms with Crippen molar-refractivity contribution in [3.63, 3.8) is 0 Å². The molecule has 0 aromatic rings. The lowest BCUT2D eigenvalue weighted by Crippen LogP contribution is -2.84. The molecule has 1 spiro atoms. The van der Waals surface area contributed by atoms with Crippen LogP contribution in [-0.2, 0) is 19.0 Å². The van der Waals surface area contributed by atoms with Crippen molar-refractivity contribution in [1.29, 1.82) is 0 Å². The van der Waals surface area contributed by atoms with Crippen molar-refractivity contribution < 1.29 is 34.3 Å². The van der Waals surface area contributed by atoms with Crippen LogP contribution in [-0.4, -0.2) is 58.8 Å². The molecule has 6 rings (SSSR count). The molecule has 0 radical (unpaired) electrons. The van der Waals surface area contributed by atoms with Gasteiger partial charge in [0.2, 0.25) is 0 Å². The second-order valence-electron chi connectivity index (χ2n) is 10.2. The lowest BCUT2D eigenvalue weighted by molar-refractivity contribution is -0.496. The smallest absolute Gasteiger partial charge is 0.333 e. The Morgan fingerprint density at radius 3 is 2.64 bits per heavy atom. The molecule has 0 aromatic carbocycles. The maximum Gasteiger partial charge on any atom is 0.333 e. The van der Waals surface area contributed by atoms with Gasteiger partial charge in [-0.3, -0.25) is 0 Å². The van der Waals surface area contributed by atoms with Crippen molar-refractivity contribution in [2.45, 2.75) is 69.9 Å². The number of carbonyl (C=O) groups excluding carboxylic acids is 1. The molecular formula is C21H30O7. The van der Waals surface area contributed by atoms with Gasteiger partial charge in [-0.25, -0.2) is 4.79 Å². The summed E-state index contributed by atoms with van der Waals surface area (Å²) in [6.45, 7) is 7.99. The molecule has 7 heteroatoms. The lowest BCUT2D eigenvalue weighted by Gasteiger charge is -2.74. The minimum atomic E-state index is -1.81.